The fourth-order valence-corrected chi connectivity index (χ4v) is 2.83. The van der Waals surface area contributed by atoms with Crippen LogP contribution in [0, 0.1) is 19.7 Å². The second-order valence-electron chi connectivity index (χ2n) is 4.45. The standard InChI is InChI=1S/C15H15BrFN/c1-9-7-11(17)8-10(2)14(9)15(18)12-5-3-4-6-13(12)16/h3-8,15H,18H2,1-2H3. The molecular formula is C15H15BrFN. The Morgan fingerprint density at radius 1 is 1.11 bits per heavy atom. The Balaban J connectivity index is 2.53. The van der Waals surface area contributed by atoms with Crippen molar-refractivity contribution in [1.29, 1.82) is 0 Å². The van der Waals surface area contributed by atoms with Crippen LogP contribution in [0.25, 0.3) is 0 Å². The van der Waals surface area contributed by atoms with E-state index in [0.29, 0.717) is 0 Å². The van der Waals surface area contributed by atoms with Crippen LogP contribution in [-0.2, 0) is 0 Å². The lowest BCUT2D eigenvalue weighted by Gasteiger charge is -2.19. The van der Waals surface area contributed by atoms with Gasteiger partial charge >= 0.3 is 0 Å². The molecule has 0 aliphatic carbocycles. The van der Waals surface area contributed by atoms with Gasteiger partial charge in [-0.25, -0.2) is 4.39 Å². The molecule has 0 spiro atoms. The van der Waals surface area contributed by atoms with Crippen LogP contribution in [0.2, 0.25) is 0 Å². The highest BCUT2D eigenvalue weighted by Gasteiger charge is 2.16. The number of benzene rings is 2. The molecule has 0 saturated heterocycles. The van der Waals surface area contributed by atoms with E-state index in [4.69, 9.17) is 5.73 Å². The summed E-state index contributed by atoms with van der Waals surface area (Å²) in [5, 5.41) is 0. The van der Waals surface area contributed by atoms with Gasteiger partial charge in [0.25, 0.3) is 0 Å². The third-order valence-electron chi connectivity index (χ3n) is 3.11. The summed E-state index contributed by atoms with van der Waals surface area (Å²) in [6.45, 7) is 3.78. The van der Waals surface area contributed by atoms with Crippen molar-refractivity contribution in [2.75, 3.05) is 0 Å². The summed E-state index contributed by atoms with van der Waals surface area (Å²) >= 11 is 3.50. The van der Waals surface area contributed by atoms with E-state index in [9.17, 15) is 4.39 Å². The van der Waals surface area contributed by atoms with E-state index < -0.39 is 0 Å². The molecule has 18 heavy (non-hydrogen) atoms. The summed E-state index contributed by atoms with van der Waals surface area (Å²) in [7, 11) is 0. The normalized spacial score (nSPS) is 12.5. The molecule has 2 aromatic carbocycles. The number of nitrogens with two attached hydrogens (primary N) is 1. The zero-order valence-corrected chi connectivity index (χ0v) is 12.0. The van der Waals surface area contributed by atoms with Crippen LogP contribution in [0.5, 0.6) is 0 Å². The van der Waals surface area contributed by atoms with E-state index in [2.05, 4.69) is 15.9 Å². The van der Waals surface area contributed by atoms with Crippen molar-refractivity contribution in [1.82, 2.24) is 0 Å². The van der Waals surface area contributed by atoms with Crippen molar-refractivity contribution in [2.45, 2.75) is 19.9 Å². The average Bonchev–Trinajstić information content (AvgIpc) is 2.27. The van der Waals surface area contributed by atoms with Crippen molar-refractivity contribution < 1.29 is 4.39 Å². The minimum absolute atomic E-state index is 0.215. The molecular weight excluding hydrogens is 293 g/mol. The van der Waals surface area contributed by atoms with E-state index >= 15 is 0 Å². The molecule has 0 fully saturated rings. The van der Waals surface area contributed by atoms with Crippen molar-refractivity contribution in [3.63, 3.8) is 0 Å². The predicted molar refractivity (Wildman–Crippen MR) is 76.0 cm³/mol. The summed E-state index contributed by atoms with van der Waals surface area (Å²) in [6, 6.07) is 10.7. The maximum Gasteiger partial charge on any atom is 0.123 e. The molecule has 0 heterocycles. The number of halogens is 2. The molecule has 2 N–H and O–H groups in total. The average molecular weight is 308 g/mol. The first-order chi connectivity index (χ1) is 8.50. The minimum atomic E-state index is -0.249. The lowest BCUT2D eigenvalue weighted by molar-refractivity contribution is 0.623. The quantitative estimate of drug-likeness (QED) is 0.881. The molecule has 3 heteroatoms. The Labute approximate surface area is 115 Å². The van der Waals surface area contributed by atoms with Crippen molar-refractivity contribution in [3.8, 4) is 0 Å². The molecule has 0 aromatic heterocycles. The Bertz CT molecular complexity index is 557. The number of aryl methyl sites for hydroxylation is 2. The van der Waals surface area contributed by atoms with E-state index in [-0.39, 0.29) is 11.9 Å². The highest BCUT2D eigenvalue weighted by molar-refractivity contribution is 9.10. The molecule has 2 rings (SSSR count). The fraction of sp³-hybridized carbons (Fsp3) is 0.200. The summed E-state index contributed by atoms with van der Waals surface area (Å²) < 4.78 is 14.3. The third-order valence-corrected chi connectivity index (χ3v) is 3.83. The minimum Gasteiger partial charge on any atom is -0.320 e. The van der Waals surface area contributed by atoms with Crippen molar-refractivity contribution in [3.05, 3.63) is 68.9 Å². The van der Waals surface area contributed by atoms with Crippen LogP contribution in [0.1, 0.15) is 28.3 Å². The third kappa shape index (κ3) is 2.47. The van der Waals surface area contributed by atoms with Crippen LogP contribution < -0.4 is 5.73 Å². The maximum absolute atomic E-state index is 13.3. The van der Waals surface area contributed by atoms with Gasteiger partial charge in [0.1, 0.15) is 5.82 Å². The zero-order chi connectivity index (χ0) is 13.3. The predicted octanol–water partition coefficient (Wildman–Crippen LogP) is 4.25. The van der Waals surface area contributed by atoms with E-state index in [1.54, 1.807) is 0 Å². The molecule has 0 bridgehead atoms. The second-order valence-corrected chi connectivity index (χ2v) is 5.31. The van der Waals surface area contributed by atoms with E-state index in [1.807, 2.05) is 38.1 Å². The summed E-state index contributed by atoms with van der Waals surface area (Å²) in [6.07, 6.45) is 0. The highest BCUT2D eigenvalue weighted by atomic mass is 79.9. The first-order valence-electron chi connectivity index (χ1n) is 5.77. The Hall–Kier alpha value is -1.19. The zero-order valence-electron chi connectivity index (χ0n) is 10.4. The molecule has 2 aromatic rings. The molecule has 0 radical (unpaired) electrons. The molecule has 0 aliphatic heterocycles. The summed E-state index contributed by atoms with van der Waals surface area (Å²) in [5.41, 5.74) is 10.1. The van der Waals surface area contributed by atoms with Crippen LogP contribution in [0.3, 0.4) is 0 Å². The first kappa shape index (κ1) is 13.2. The molecule has 94 valence electrons. The Morgan fingerprint density at radius 3 is 2.22 bits per heavy atom. The lowest BCUT2D eigenvalue weighted by atomic mass is 9.92. The van der Waals surface area contributed by atoms with Gasteiger partial charge in [0, 0.05) is 4.47 Å². The van der Waals surface area contributed by atoms with Crippen LogP contribution in [0.15, 0.2) is 40.9 Å². The molecule has 0 saturated carbocycles. The van der Waals surface area contributed by atoms with Gasteiger partial charge in [0.2, 0.25) is 0 Å². The molecule has 0 amide bonds. The fourth-order valence-electron chi connectivity index (χ4n) is 2.30. The SMILES string of the molecule is Cc1cc(F)cc(C)c1C(N)c1ccccc1Br. The number of hydrogen-bond donors (Lipinski definition) is 1. The first-order valence-corrected chi connectivity index (χ1v) is 6.56. The van der Waals surface area contributed by atoms with Crippen molar-refractivity contribution in [2.24, 2.45) is 5.73 Å². The van der Waals surface area contributed by atoms with E-state index in [1.165, 1.54) is 12.1 Å². The molecule has 1 nitrogen and oxygen atoms in total. The molecule has 1 atom stereocenters. The van der Waals surface area contributed by atoms with Crippen LogP contribution in [0.4, 0.5) is 4.39 Å². The lowest BCUT2D eigenvalue weighted by Crippen LogP contribution is -2.15. The Morgan fingerprint density at radius 2 is 1.67 bits per heavy atom. The van der Waals surface area contributed by atoms with Crippen molar-refractivity contribution >= 4 is 15.9 Å². The van der Waals surface area contributed by atoms with Crippen LogP contribution >= 0.6 is 15.9 Å². The monoisotopic (exact) mass is 307 g/mol. The topological polar surface area (TPSA) is 26.0 Å². The maximum atomic E-state index is 13.3. The summed E-state index contributed by atoms with van der Waals surface area (Å²) in [5.74, 6) is -0.215. The van der Waals surface area contributed by atoms with Gasteiger partial charge in [-0.1, -0.05) is 34.1 Å². The number of rotatable bonds is 2. The summed E-state index contributed by atoms with van der Waals surface area (Å²) in [4.78, 5) is 0. The largest absolute Gasteiger partial charge is 0.320 e. The van der Waals surface area contributed by atoms with Gasteiger partial charge in [-0.15, -0.1) is 0 Å². The Kier molecular flexibility index (Phi) is 3.83. The highest BCUT2D eigenvalue weighted by Crippen LogP contribution is 2.30. The van der Waals surface area contributed by atoms with Gasteiger partial charge in [-0.2, -0.15) is 0 Å². The van der Waals surface area contributed by atoms with E-state index in [0.717, 1.165) is 26.7 Å². The van der Waals surface area contributed by atoms with Gasteiger partial charge < -0.3 is 5.73 Å². The van der Waals surface area contributed by atoms with Gasteiger partial charge in [0.15, 0.2) is 0 Å². The van der Waals surface area contributed by atoms with Gasteiger partial charge in [-0.3, -0.25) is 0 Å². The van der Waals surface area contributed by atoms with Crippen LogP contribution in [-0.4, -0.2) is 0 Å². The number of hydrogen-bond acceptors (Lipinski definition) is 1. The molecule has 0 aliphatic rings. The second kappa shape index (κ2) is 5.21. The van der Waals surface area contributed by atoms with Gasteiger partial charge in [-0.05, 0) is 54.3 Å². The molecule has 1 unspecified atom stereocenters. The van der Waals surface area contributed by atoms with Gasteiger partial charge in [0.05, 0.1) is 6.04 Å². The smallest absolute Gasteiger partial charge is 0.123 e.